The molecule has 7 heteroatoms. The summed E-state index contributed by atoms with van der Waals surface area (Å²) in [7, 11) is 0. The van der Waals surface area contributed by atoms with Crippen LogP contribution in [0.25, 0.3) is 0 Å². The molecular weight excluding hydrogens is 305 g/mol. The van der Waals surface area contributed by atoms with Gasteiger partial charge in [-0.1, -0.05) is 30.5 Å². The van der Waals surface area contributed by atoms with E-state index in [9.17, 15) is 18.0 Å². The Labute approximate surface area is 125 Å². The molecule has 2 unspecified atom stereocenters. The minimum atomic E-state index is -4.37. The lowest BCUT2D eigenvalue weighted by Gasteiger charge is -2.32. The van der Waals surface area contributed by atoms with Crippen LogP contribution < -0.4 is 11.1 Å². The van der Waals surface area contributed by atoms with Gasteiger partial charge < -0.3 is 11.1 Å². The first kappa shape index (κ1) is 15.9. The third kappa shape index (κ3) is 3.61. The summed E-state index contributed by atoms with van der Waals surface area (Å²) >= 11 is 5.92. The summed E-state index contributed by atoms with van der Waals surface area (Å²) < 4.78 is 39.1. The van der Waals surface area contributed by atoms with Crippen LogP contribution in [0, 0.1) is 11.8 Å². The Balaban J connectivity index is 2.18. The summed E-state index contributed by atoms with van der Waals surface area (Å²) in [4.78, 5) is 12.2. The molecule has 1 fully saturated rings. The van der Waals surface area contributed by atoms with Crippen LogP contribution in [0.3, 0.4) is 0 Å². The van der Waals surface area contributed by atoms with E-state index in [0.717, 1.165) is 0 Å². The van der Waals surface area contributed by atoms with Crippen molar-refractivity contribution in [1.82, 2.24) is 0 Å². The number of benzene rings is 1. The van der Waals surface area contributed by atoms with Gasteiger partial charge >= 0.3 is 6.18 Å². The zero-order valence-corrected chi connectivity index (χ0v) is 12.0. The Morgan fingerprint density at radius 1 is 1.29 bits per heavy atom. The molecule has 1 amide bonds. The largest absolute Gasteiger partial charge is 0.397 e. The Kier molecular flexibility index (Phi) is 4.66. The smallest absolute Gasteiger partial charge is 0.392 e. The molecule has 1 saturated carbocycles. The van der Waals surface area contributed by atoms with Crippen LogP contribution in [-0.2, 0) is 4.79 Å². The first-order valence-electron chi connectivity index (χ1n) is 6.72. The molecule has 0 bridgehead atoms. The maximum absolute atomic E-state index is 13.0. The molecule has 0 aromatic heterocycles. The fourth-order valence-electron chi connectivity index (χ4n) is 2.73. The van der Waals surface area contributed by atoms with Crippen LogP contribution in [0.5, 0.6) is 0 Å². The maximum Gasteiger partial charge on any atom is 0.392 e. The maximum atomic E-state index is 13.0. The van der Waals surface area contributed by atoms with Crippen molar-refractivity contribution < 1.29 is 18.0 Å². The van der Waals surface area contributed by atoms with E-state index in [0.29, 0.717) is 12.8 Å². The van der Waals surface area contributed by atoms with E-state index in [1.165, 1.54) is 12.1 Å². The Bertz CT molecular complexity index is 513. The number of alkyl halides is 3. The first-order valence-corrected chi connectivity index (χ1v) is 7.10. The predicted molar refractivity (Wildman–Crippen MR) is 76.0 cm³/mol. The van der Waals surface area contributed by atoms with Crippen LogP contribution in [0.4, 0.5) is 24.5 Å². The molecule has 0 heterocycles. The average Bonchev–Trinajstić information content (AvgIpc) is 2.42. The lowest BCUT2D eigenvalue weighted by atomic mass is 9.78. The molecule has 0 radical (unpaired) electrons. The van der Waals surface area contributed by atoms with Crippen LogP contribution in [0.15, 0.2) is 18.2 Å². The van der Waals surface area contributed by atoms with Crippen molar-refractivity contribution in [2.45, 2.75) is 31.9 Å². The molecule has 1 aromatic carbocycles. The number of amides is 1. The SMILES string of the molecule is Nc1cccc(Cl)c1NC(=O)C1CCCCC1C(F)(F)F. The monoisotopic (exact) mass is 320 g/mol. The topological polar surface area (TPSA) is 55.1 Å². The Morgan fingerprint density at radius 2 is 1.95 bits per heavy atom. The Morgan fingerprint density at radius 3 is 2.57 bits per heavy atom. The number of halogens is 4. The van der Waals surface area contributed by atoms with E-state index in [2.05, 4.69) is 5.32 Å². The summed E-state index contributed by atoms with van der Waals surface area (Å²) in [6.45, 7) is 0. The van der Waals surface area contributed by atoms with Crippen molar-refractivity contribution in [2.75, 3.05) is 11.1 Å². The molecular formula is C14H16ClF3N2O. The molecule has 0 spiro atoms. The zero-order valence-electron chi connectivity index (χ0n) is 11.2. The molecule has 2 rings (SSSR count). The number of hydrogen-bond donors (Lipinski definition) is 2. The second-order valence-electron chi connectivity index (χ2n) is 5.23. The molecule has 1 aromatic rings. The molecule has 1 aliphatic carbocycles. The van der Waals surface area contributed by atoms with Crippen molar-refractivity contribution in [3.8, 4) is 0 Å². The van der Waals surface area contributed by atoms with Crippen molar-refractivity contribution in [2.24, 2.45) is 11.8 Å². The second kappa shape index (κ2) is 6.13. The number of nitrogen functional groups attached to an aromatic ring is 1. The number of rotatable bonds is 2. The fourth-order valence-corrected chi connectivity index (χ4v) is 2.95. The van der Waals surface area contributed by atoms with Gasteiger partial charge in [-0.05, 0) is 25.0 Å². The lowest BCUT2D eigenvalue weighted by molar-refractivity contribution is -0.197. The van der Waals surface area contributed by atoms with Crippen molar-refractivity contribution in [3.05, 3.63) is 23.2 Å². The van der Waals surface area contributed by atoms with Crippen molar-refractivity contribution in [1.29, 1.82) is 0 Å². The highest BCUT2D eigenvalue weighted by Crippen LogP contribution is 2.42. The van der Waals surface area contributed by atoms with E-state index in [1.807, 2.05) is 0 Å². The van der Waals surface area contributed by atoms with Gasteiger partial charge in [0.05, 0.1) is 22.3 Å². The van der Waals surface area contributed by atoms with Crippen molar-refractivity contribution in [3.63, 3.8) is 0 Å². The van der Waals surface area contributed by atoms with Gasteiger partial charge in [-0.3, -0.25) is 4.79 Å². The quantitative estimate of drug-likeness (QED) is 0.801. The molecule has 3 nitrogen and oxygen atoms in total. The molecule has 1 aliphatic rings. The summed E-state index contributed by atoms with van der Waals surface area (Å²) in [5.74, 6) is -3.36. The highest BCUT2D eigenvalue weighted by Gasteiger charge is 2.48. The minimum absolute atomic E-state index is 0.0143. The van der Waals surface area contributed by atoms with E-state index in [-0.39, 0.29) is 29.2 Å². The third-order valence-corrected chi connectivity index (χ3v) is 4.13. The number of para-hydroxylation sites is 1. The fraction of sp³-hybridized carbons (Fsp3) is 0.500. The van der Waals surface area contributed by atoms with Gasteiger partial charge in [-0.2, -0.15) is 13.2 Å². The summed E-state index contributed by atoms with van der Waals surface area (Å²) in [5.41, 5.74) is 6.11. The van der Waals surface area contributed by atoms with Gasteiger partial charge in [0, 0.05) is 5.92 Å². The van der Waals surface area contributed by atoms with E-state index >= 15 is 0 Å². The van der Waals surface area contributed by atoms with Crippen LogP contribution in [0.2, 0.25) is 5.02 Å². The molecule has 21 heavy (non-hydrogen) atoms. The van der Waals surface area contributed by atoms with Gasteiger partial charge in [-0.15, -0.1) is 0 Å². The van der Waals surface area contributed by atoms with Gasteiger partial charge in [0.15, 0.2) is 0 Å². The zero-order chi connectivity index (χ0) is 15.6. The van der Waals surface area contributed by atoms with Crippen LogP contribution >= 0.6 is 11.6 Å². The number of carbonyl (C=O) groups excluding carboxylic acids is 1. The number of carbonyl (C=O) groups is 1. The summed E-state index contributed by atoms with van der Waals surface area (Å²) in [6, 6.07) is 4.66. The van der Waals surface area contributed by atoms with Gasteiger partial charge in [0.2, 0.25) is 5.91 Å². The van der Waals surface area contributed by atoms with Crippen LogP contribution in [0.1, 0.15) is 25.7 Å². The standard InChI is InChI=1S/C14H16ClF3N2O/c15-10-6-3-7-11(19)12(10)20-13(21)8-4-1-2-5-9(8)14(16,17)18/h3,6-9H,1-2,4-5,19H2,(H,20,21). The van der Waals surface area contributed by atoms with Gasteiger partial charge in [-0.25, -0.2) is 0 Å². The third-order valence-electron chi connectivity index (χ3n) is 3.82. The number of hydrogen-bond acceptors (Lipinski definition) is 2. The van der Waals surface area contributed by atoms with Gasteiger partial charge in [0.1, 0.15) is 0 Å². The number of nitrogens with one attached hydrogen (secondary N) is 1. The second-order valence-corrected chi connectivity index (χ2v) is 5.64. The molecule has 116 valence electrons. The summed E-state index contributed by atoms with van der Waals surface area (Å²) in [6.07, 6.45) is -3.06. The van der Waals surface area contributed by atoms with Gasteiger partial charge in [0.25, 0.3) is 0 Å². The average molecular weight is 321 g/mol. The normalized spacial score (nSPS) is 22.9. The predicted octanol–water partition coefficient (Wildman–Crippen LogP) is 4.23. The molecule has 0 aliphatic heterocycles. The highest BCUT2D eigenvalue weighted by molar-refractivity contribution is 6.34. The van der Waals surface area contributed by atoms with E-state index in [1.54, 1.807) is 6.07 Å². The number of nitrogens with two attached hydrogens (primary N) is 1. The Hall–Kier alpha value is -1.43. The van der Waals surface area contributed by atoms with Crippen molar-refractivity contribution >= 4 is 28.9 Å². The molecule has 0 saturated heterocycles. The lowest BCUT2D eigenvalue weighted by Crippen LogP contribution is -2.39. The molecule has 2 atom stereocenters. The van der Waals surface area contributed by atoms with E-state index in [4.69, 9.17) is 17.3 Å². The summed E-state index contributed by atoms with van der Waals surface area (Å²) in [5, 5.41) is 2.67. The number of anilines is 2. The van der Waals surface area contributed by atoms with E-state index < -0.39 is 23.9 Å². The van der Waals surface area contributed by atoms with Crippen LogP contribution in [-0.4, -0.2) is 12.1 Å². The molecule has 3 N–H and O–H groups in total. The first-order chi connectivity index (χ1) is 9.80. The minimum Gasteiger partial charge on any atom is -0.397 e. The highest BCUT2D eigenvalue weighted by atomic mass is 35.5.